The van der Waals surface area contributed by atoms with E-state index in [9.17, 15) is 19.6 Å². The van der Waals surface area contributed by atoms with Crippen molar-refractivity contribution in [1.82, 2.24) is 14.9 Å². The highest BCUT2D eigenvalue weighted by molar-refractivity contribution is 7.46. The van der Waals surface area contributed by atoms with Crippen molar-refractivity contribution in [2.75, 3.05) is 25.9 Å². The van der Waals surface area contributed by atoms with Crippen LogP contribution in [0.1, 0.15) is 34.8 Å². The number of aliphatic hydroxyl groups excluding tert-OH is 1. The van der Waals surface area contributed by atoms with E-state index < -0.39 is 31.2 Å². The van der Waals surface area contributed by atoms with Gasteiger partial charge in [0.05, 0.1) is 18.7 Å². The van der Waals surface area contributed by atoms with Gasteiger partial charge in [-0.3, -0.25) is 14.6 Å². The summed E-state index contributed by atoms with van der Waals surface area (Å²) in [7, 11) is 1.04. The summed E-state index contributed by atoms with van der Waals surface area (Å²) in [6.07, 6.45) is 2.98. The molecule has 0 aliphatic carbocycles. The summed E-state index contributed by atoms with van der Waals surface area (Å²) in [6.45, 7) is 2.03. The second-order valence-electron chi connectivity index (χ2n) is 7.64. The standard InChI is InChI=1S/C23H29N3O6P2/c1-2-32-34(31)11-3-9-26-18-13-16(12-15-4-6-17(33)7-5-15)14-25-20(18)21(28)19(23(26)30)22(29)24-8-10-27/h4-7,13-14,27-28,31H,2-3,8-12,33H2,1H3,(H,24,29). The van der Waals surface area contributed by atoms with E-state index in [2.05, 4.69) is 19.5 Å². The number of fused-ring (bicyclic) bond motifs is 1. The van der Waals surface area contributed by atoms with E-state index >= 15 is 0 Å². The first-order valence-corrected chi connectivity index (χ1v) is 12.9. The molecule has 2 unspecified atom stereocenters. The van der Waals surface area contributed by atoms with Crippen molar-refractivity contribution in [3.8, 4) is 5.75 Å². The molecule has 1 aromatic carbocycles. The molecule has 0 spiro atoms. The molecule has 2 aromatic heterocycles. The van der Waals surface area contributed by atoms with Gasteiger partial charge in [-0.05, 0) is 42.3 Å². The van der Waals surface area contributed by atoms with Crippen molar-refractivity contribution < 1.29 is 24.4 Å². The predicted octanol–water partition coefficient (Wildman–Crippen LogP) is 1.65. The topological polar surface area (TPSA) is 134 Å². The zero-order chi connectivity index (χ0) is 24.7. The Labute approximate surface area is 200 Å². The first-order valence-electron chi connectivity index (χ1n) is 10.9. The van der Waals surface area contributed by atoms with Crippen molar-refractivity contribution >= 4 is 39.9 Å². The molecule has 2 atom stereocenters. The second-order valence-corrected chi connectivity index (χ2v) is 9.71. The Hall–Kier alpha value is -2.41. The molecule has 4 N–H and O–H groups in total. The molecule has 11 heteroatoms. The van der Waals surface area contributed by atoms with Gasteiger partial charge in [0.2, 0.25) is 0 Å². The van der Waals surface area contributed by atoms with E-state index in [4.69, 9.17) is 9.63 Å². The van der Waals surface area contributed by atoms with Crippen molar-refractivity contribution in [1.29, 1.82) is 0 Å². The molecule has 3 aromatic rings. The average Bonchev–Trinajstić information content (AvgIpc) is 2.81. The number of pyridine rings is 2. The lowest BCUT2D eigenvalue weighted by atomic mass is 10.1. The molecule has 0 saturated carbocycles. The van der Waals surface area contributed by atoms with Gasteiger partial charge >= 0.3 is 0 Å². The van der Waals surface area contributed by atoms with Crippen LogP contribution in [0.2, 0.25) is 0 Å². The number of hydrogen-bond acceptors (Lipinski definition) is 7. The number of aliphatic hydroxyl groups is 1. The molecule has 182 valence electrons. The molecule has 34 heavy (non-hydrogen) atoms. The summed E-state index contributed by atoms with van der Waals surface area (Å²) < 4.78 is 6.61. The summed E-state index contributed by atoms with van der Waals surface area (Å²) in [6, 6.07) is 9.77. The third-order valence-electron chi connectivity index (χ3n) is 5.16. The van der Waals surface area contributed by atoms with Gasteiger partial charge in [-0.25, -0.2) is 0 Å². The molecule has 3 rings (SSSR count). The lowest BCUT2D eigenvalue weighted by Gasteiger charge is -2.16. The smallest absolute Gasteiger partial charge is 0.267 e. The molecule has 9 nitrogen and oxygen atoms in total. The highest BCUT2D eigenvalue weighted by atomic mass is 31.2. The Kier molecular flexibility index (Phi) is 9.51. The van der Waals surface area contributed by atoms with Crippen LogP contribution in [0.15, 0.2) is 41.3 Å². The number of aryl methyl sites for hydroxylation is 1. The van der Waals surface area contributed by atoms with Crippen LogP contribution in [0, 0.1) is 0 Å². The predicted molar refractivity (Wildman–Crippen MR) is 136 cm³/mol. The summed E-state index contributed by atoms with van der Waals surface area (Å²) in [4.78, 5) is 40.2. The van der Waals surface area contributed by atoms with Gasteiger partial charge in [-0.15, -0.1) is 9.24 Å². The molecule has 0 radical (unpaired) electrons. The maximum atomic E-state index is 13.3. The number of carbonyl (C=O) groups is 1. The zero-order valence-corrected chi connectivity index (χ0v) is 20.9. The van der Waals surface area contributed by atoms with Crippen LogP contribution in [0.3, 0.4) is 0 Å². The first kappa shape index (κ1) is 26.2. The van der Waals surface area contributed by atoms with Gasteiger partial charge in [0.15, 0.2) is 14.1 Å². The van der Waals surface area contributed by atoms with Crippen LogP contribution < -0.4 is 16.2 Å². The van der Waals surface area contributed by atoms with Crippen molar-refractivity contribution in [3.63, 3.8) is 0 Å². The number of nitrogens with zero attached hydrogens (tertiary/aromatic N) is 2. The number of rotatable bonds is 11. The number of carbonyl (C=O) groups excluding carboxylic acids is 1. The number of benzene rings is 1. The molecule has 2 heterocycles. The average molecular weight is 505 g/mol. The van der Waals surface area contributed by atoms with E-state index in [-0.39, 0.29) is 25.2 Å². The third kappa shape index (κ3) is 6.38. The number of aromatic hydroxyl groups is 1. The molecular formula is C23H29N3O6P2. The Bertz CT molecular complexity index is 1200. The Balaban J connectivity index is 2.04. The Morgan fingerprint density at radius 2 is 2.00 bits per heavy atom. The lowest BCUT2D eigenvalue weighted by molar-refractivity contribution is 0.0940. The van der Waals surface area contributed by atoms with Crippen LogP contribution in [-0.2, 0) is 17.5 Å². The minimum atomic E-state index is -1.60. The molecule has 0 aliphatic heterocycles. The maximum absolute atomic E-state index is 13.3. The van der Waals surface area contributed by atoms with E-state index in [1.165, 1.54) is 4.57 Å². The maximum Gasteiger partial charge on any atom is 0.267 e. The quantitative estimate of drug-likeness (QED) is 0.291. The van der Waals surface area contributed by atoms with E-state index in [1.807, 2.05) is 24.3 Å². The number of nitrogens with one attached hydrogen (secondary N) is 1. The normalized spacial score (nSPS) is 12.1. The fourth-order valence-electron chi connectivity index (χ4n) is 3.58. The molecule has 0 saturated heterocycles. The van der Waals surface area contributed by atoms with E-state index in [0.717, 1.165) is 16.4 Å². The Morgan fingerprint density at radius 1 is 1.26 bits per heavy atom. The summed E-state index contributed by atoms with van der Waals surface area (Å²) >= 11 is 0. The molecular weight excluding hydrogens is 476 g/mol. The summed E-state index contributed by atoms with van der Waals surface area (Å²) in [5.41, 5.74) is 1.36. The van der Waals surface area contributed by atoms with Gasteiger partial charge in [0.1, 0.15) is 11.1 Å². The number of hydrogen-bond donors (Lipinski definition) is 4. The highest BCUT2D eigenvalue weighted by Crippen LogP contribution is 2.32. The Morgan fingerprint density at radius 3 is 2.68 bits per heavy atom. The first-order chi connectivity index (χ1) is 16.3. The summed E-state index contributed by atoms with van der Waals surface area (Å²) in [5, 5.41) is 23.2. The highest BCUT2D eigenvalue weighted by Gasteiger charge is 2.23. The van der Waals surface area contributed by atoms with Crippen LogP contribution in [0.25, 0.3) is 11.0 Å². The minimum absolute atomic E-state index is 0.0552. The van der Waals surface area contributed by atoms with Gasteiger partial charge in [-0.2, -0.15) is 0 Å². The molecule has 0 aliphatic rings. The minimum Gasteiger partial charge on any atom is -0.505 e. The number of amides is 1. The fraction of sp³-hybridized carbons (Fsp3) is 0.348. The van der Waals surface area contributed by atoms with Crippen molar-refractivity contribution in [2.24, 2.45) is 0 Å². The van der Waals surface area contributed by atoms with Crippen LogP contribution in [0.5, 0.6) is 5.75 Å². The van der Waals surface area contributed by atoms with Gasteiger partial charge in [0.25, 0.3) is 11.5 Å². The molecule has 0 bridgehead atoms. The molecule has 0 fully saturated rings. The van der Waals surface area contributed by atoms with Crippen LogP contribution >= 0.6 is 17.6 Å². The zero-order valence-electron chi connectivity index (χ0n) is 18.9. The van der Waals surface area contributed by atoms with E-state index in [0.29, 0.717) is 31.1 Å². The fourth-order valence-corrected chi connectivity index (χ4v) is 4.61. The monoisotopic (exact) mass is 505 g/mol. The lowest BCUT2D eigenvalue weighted by Crippen LogP contribution is -2.35. The van der Waals surface area contributed by atoms with Gasteiger partial charge in [-0.1, -0.05) is 24.3 Å². The largest absolute Gasteiger partial charge is 0.505 e. The number of aromatic nitrogens is 2. The summed E-state index contributed by atoms with van der Waals surface area (Å²) in [5.74, 6) is -1.28. The second kappa shape index (κ2) is 12.3. The van der Waals surface area contributed by atoms with Gasteiger partial charge < -0.3 is 29.5 Å². The third-order valence-corrected chi connectivity index (χ3v) is 6.80. The van der Waals surface area contributed by atoms with Crippen LogP contribution in [-0.4, -0.2) is 56.5 Å². The van der Waals surface area contributed by atoms with Crippen molar-refractivity contribution in [3.05, 3.63) is 63.6 Å². The van der Waals surface area contributed by atoms with E-state index in [1.54, 1.807) is 19.2 Å². The van der Waals surface area contributed by atoms with Crippen LogP contribution in [0.4, 0.5) is 0 Å². The van der Waals surface area contributed by atoms with Crippen molar-refractivity contribution in [2.45, 2.75) is 26.3 Å². The van der Waals surface area contributed by atoms with Gasteiger partial charge in [0, 0.05) is 25.4 Å². The molecule has 1 amide bonds. The SMILES string of the molecule is CCOP(O)CCCn1c(=O)c(C(=O)NCCO)c(O)c2ncc(Cc3ccc(P)cc3)cc21.